The summed E-state index contributed by atoms with van der Waals surface area (Å²) in [6.07, 6.45) is -9.76. The van der Waals surface area contributed by atoms with Crippen molar-refractivity contribution >= 4 is 86.4 Å². The molecule has 65 heavy (non-hydrogen) atoms. The maximum Gasteiger partial charge on any atom is 0.347 e. The predicted molar refractivity (Wildman–Crippen MR) is 227 cm³/mol. The Kier molecular flexibility index (Phi) is 20.6. The molecule has 6 unspecified atom stereocenters. The van der Waals surface area contributed by atoms with Gasteiger partial charge in [0.05, 0.1) is 37.8 Å². The van der Waals surface area contributed by atoms with Crippen molar-refractivity contribution in [3.8, 4) is 5.88 Å². The van der Waals surface area contributed by atoms with Crippen LogP contribution in [0.15, 0.2) is 16.3 Å². The number of thiophene rings is 1. The number of aromatic nitrogens is 2. The number of nitrogens with one attached hydrogen (secondary N) is 2. The van der Waals surface area contributed by atoms with E-state index in [4.69, 9.17) is 37.9 Å². The number of rotatable bonds is 24. The molecule has 3 heterocycles. The fraction of sp³-hybridized carbons (Fsp3) is 0.641. The quantitative estimate of drug-likeness (QED) is 0.110. The lowest BCUT2D eigenvalue weighted by Gasteiger charge is -2.27. The zero-order chi connectivity index (χ0) is 48.6. The van der Waals surface area contributed by atoms with E-state index in [1.54, 1.807) is 4.72 Å². The van der Waals surface area contributed by atoms with Crippen LogP contribution in [-0.4, -0.2) is 146 Å². The lowest BCUT2D eigenvalue weighted by atomic mass is 10.1. The Hall–Kier alpha value is -5.31. The van der Waals surface area contributed by atoms with Crippen LogP contribution in [0, 0.1) is 0 Å². The van der Waals surface area contributed by atoms with Gasteiger partial charge in [-0.05, 0) is 74.4 Å². The number of hydrogen-bond donors (Lipinski definition) is 2. The first kappa shape index (κ1) is 54.0. The summed E-state index contributed by atoms with van der Waals surface area (Å²) in [5, 5.41) is 3.25. The predicted octanol–water partition coefficient (Wildman–Crippen LogP) is 1.19. The van der Waals surface area contributed by atoms with Crippen molar-refractivity contribution in [2.75, 3.05) is 44.4 Å². The highest BCUT2D eigenvalue weighted by Crippen LogP contribution is 2.27. The van der Waals surface area contributed by atoms with Crippen LogP contribution in [0.1, 0.15) is 80.0 Å². The molecule has 2 aromatic heterocycles. The molecule has 0 aliphatic carbocycles. The first-order valence-electron chi connectivity index (χ1n) is 20.2. The molecule has 23 nitrogen and oxygen atoms in total. The Morgan fingerprint density at radius 3 is 1.78 bits per heavy atom. The van der Waals surface area contributed by atoms with E-state index >= 15 is 0 Å². The number of esters is 6. The maximum atomic E-state index is 12.8. The van der Waals surface area contributed by atoms with Gasteiger partial charge in [0.1, 0.15) is 22.7 Å². The number of carbonyl (C=O) groups excluding carboxylic acids is 8. The lowest BCUT2D eigenvalue weighted by Crippen LogP contribution is -2.44. The fourth-order valence-corrected chi connectivity index (χ4v) is 8.09. The van der Waals surface area contributed by atoms with Crippen molar-refractivity contribution in [3.63, 3.8) is 0 Å². The van der Waals surface area contributed by atoms with Gasteiger partial charge in [0.15, 0.2) is 30.5 Å². The molecule has 2 N–H and O–H groups in total. The molecule has 0 aromatic carbocycles. The van der Waals surface area contributed by atoms with Gasteiger partial charge < -0.3 is 48.1 Å². The largest absolute Gasteiger partial charge is 0.470 e. The van der Waals surface area contributed by atoms with Gasteiger partial charge in [-0.15, -0.1) is 15.7 Å². The molecule has 1 saturated heterocycles. The van der Waals surface area contributed by atoms with Crippen LogP contribution in [0.5, 0.6) is 5.88 Å². The summed E-state index contributed by atoms with van der Waals surface area (Å²) in [5.74, 6) is -7.11. The molecular formula is C39H55N5O18S3. The fourth-order valence-electron chi connectivity index (χ4n) is 5.10. The zero-order valence-electron chi connectivity index (χ0n) is 37.4. The van der Waals surface area contributed by atoms with Crippen molar-refractivity contribution in [2.45, 2.75) is 128 Å². The van der Waals surface area contributed by atoms with Crippen molar-refractivity contribution in [3.05, 3.63) is 17.0 Å². The standard InChI is InChI=1S/C39H55N5O18S3/c1-21(45)18-28-10-13-31(63-28)65(53,54)43-33(48)22(2)58-36(50)24(4)60-38(52)26(6)61-37(51)25(5)59-35(49)23(3)57-29(46)11-12-30(47)62-27(19-40-39(7,8)9)20-56-34-32(41-64-42-34)44-14-16-55-17-15-44/h10,13,22-27,40H,11-12,14-20H2,1-9H3,(H,43,48). The zero-order valence-corrected chi connectivity index (χ0v) is 39.8. The summed E-state index contributed by atoms with van der Waals surface area (Å²) in [7, 11) is -4.36. The van der Waals surface area contributed by atoms with Crippen molar-refractivity contribution in [1.82, 2.24) is 18.8 Å². The normalized spacial score (nSPS) is 15.7. The molecule has 362 valence electrons. The molecule has 1 aliphatic heterocycles. The van der Waals surface area contributed by atoms with Crippen LogP contribution in [0.2, 0.25) is 0 Å². The number of carbonyl (C=O) groups is 8. The number of anilines is 1. The molecule has 0 spiro atoms. The third-order valence-corrected chi connectivity index (χ3v) is 12.0. The topological polar surface area (TPSA) is 298 Å². The van der Waals surface area contributed by atoms with Gasteiger partial charge in [0.2, 0.25) is 5.82 Å². The Morgan fingerprint density at radius 1 is 0.754 bits per heavy atom. The Morgan fingerprint density at radius 2 is 1.26 bits per heavy atom. The van der Waals surface area contributed by atoms with E-state index in [-0.39, 0.29) is 41.0 Å². The summed E-state index contributed by atoms with van der Waals surface area (Å²) >= 11 is 1.76. The van der Waals surface area contributed by atoms with Crippen LogP contribution in [0.3, 0.4) is 0 Å². The van der Waals surface area contributed by atoms with Crippen molar-refractivity contribution in [1.29, 1.82) is 0 Å². The molecule has 1 amide bonds. The van der Waals surface area contributed by atoms with Crippen LogP contribution in [-0.2, 0) is 88.0 Å². The number of morpholine rings is 1. The number of Topliss-reactive ketones (excluding diaryl/α,β-unsaturated/α-hetero) is 1. The summed E-state index contributed by atoms with van der Waals surface area (Å²) in [5.41, 5.74) is -0.327. The summed E-state index contributed by atoms with van der Waals surface area (Å²) < 4.78 is 77.2. The minimum Gasteiger partial charge on any atom is -0.470 e. The molecule has 0 bridgehead atoms. The molecule has 0 radical (unpaired) electrons. The van der Waals surface area contributed by atoms with E-state index in [0.29, 0.717) is 37.0 Å². The van der Waals surface area contributed by atoms with Crippen molar-refractivity contribution < 1.29 is 84.7 Å². The first-order valence-corrected chi connectivity index (χ1v) is 23.3. The second-order valence-electron chi connectivity index (χ2n) is 15.6. The van der Waals surface area contributed by atoms with Crippen LogP contribution in [0.25, 0.3) is 0 Å². The van der Waals surface area contributed by atoms with Gasteiger partial charge in [-0.25, -0.2) is 32.3 Å². The molecule has 0 saturated carbocycles. The van der Waals surface area contributed by atoms with E-state index in [1.807, 2.05) is 25.7 Å². The maximum absolute atomic E-state index is 12.8. The van der Waals surface area contributed by atoms with Crippen molar-refractivity contribution in [2.24, 2.45) is 0 Å². The first-order chi connectivity index (χ1) is 30.3. The molecule has 1 fully saturated rings. The highest BCUT2D eigenvalue weighted by molar-refractivity contribution is 7.92. The van der Waals surface area contributed by atoms with E-state index < -0.39 is 101 Å². The van der Waals surface area contributed by atoms with Gasteiger partial charge >= 0.3 is 35.8 Å². The SMILES string of the molecule is CC(=O)Cc1ccc(S(=O)(=O)NC(=O)C(C)OC(=O)C(C)OC(=O)C(C)OC(=O)C(C)OC(=O)C(C)OC(=O)CCC(=O)OC(CNC(C)(C)C)COc2nsnc2N2CCOCC2)s1. The molecule has 6 atom stereocenters. The third kappa shape index (κ3) is 18.6. The smallest absolute Gasteiger partial charge is 0.347 e. The Labute approximate surface area is 383 Å². The van der Waals surface area contributed by atoms with Gasteiger partial charge in [0.25, 0.3) is 21.8 Å². The molecule has 3 rings (SSSR count). The average Bonchev–Trinajstić information content (AvgIpc) is 3.91. The number of nitrogens with zero attached hydrogens (tertiary/aromatic N) is 3. The monoisotopic (exact) mass is 977 g/mol. The number of ketones is 1. The summed E-state index contributed by atoms with van der Waals surface area (Å²) in [6.45, 7) is 15.1. The van der Waals surface area contributed by atoms with E-state index in [1.165, 1.54) is 26.0 Å². The summed E-state index contributed by atoms with van der Waals surface area (Å²) in [6, 6.07) is 2.64. The number of amides is 1. The molecule has 2 aromatic rings. The second kappa shape index (κ2) is 24.8. The highest BCUT2D eigenvalue weighted by atomic mass is 32.2. The number of sulfonamides is 1. The molecule has 1 aliphatic rings. The van der Waals surface area contributed by atoms with Gasteiger partial charge in [-0.2, -0.15) is 4.37 Å². The van der Waals surface area contributed by atoms with E-state index in [2.05, 4.69) is 14.1 Å². The second-order valence-corrected chi connectivity index (χ2v) is 19.2. The van der Waals surface area contributed by atoms with E-state index in [0.717, 1.165) is 50.8 Å². The minimum absolute atomic E-state index is 0.00689. The third-order valence-electron chi connectivity index (χ3n) is 8.59. The lowest BCUT2D eigenvalue weighted by molar-refractivity contribution is -0.185. The van der Waals surface area contributed by atoms with E-state index in [9.17, 15) is 46.8 Å². The van der Waals surface area contributed by atoms with Gasteiger partial charge in [0, 0.05) is 36.5 Å². The van der Waals surface area contributed by atoms with Gasteiger partial charge in [-0.1, -0.05) is 0 Å². The van der Waals surface area contributed by atoms with Crippen LogP contribution >= 0.6 is 23.1 Å². The van der Waals surface area contributed by atoms with Gasteiger partial charge in [-0.3, -0.25) is 19.2 Å². The van der Waals surface area contributed by atoms with Crippen LogP contribution in [0.4, 0.5) is 5.82 Å². The minimum atomic E-state index is -4.36. The Bertz CT molecular complexity index is 2110. The molecular weight excluding hydrogens is 923 g/mol. The van der Waals surface area contributed by atoms with Crippen LogP contribution < -0.4 is 19.7 Å². The summed E-state index contributed by atoms with van der Waals surface area (Å²) in [4.78, 5) is 102. The number of ether oxygens (including phenoxy) is 8. The highest BCUT2D eigenvalue weighted by Gasteiger charge is 2.33. The average molecular weight is 978 g/mol. The molecule has 26 heteroatoms. The number of hydrogen-bond acceptors (Lipinski definition) is 24. The Balaban J connectivity index is 1.40.